The maximum atomic E-state index is 12.8. The molecule has 6 nitrogen and oxygen atoms in total. The molecule has 0 aliphatic carbocycles. The molecule has 0 unspecified atom stereocenters. The molecule has 154 valence electrons. The van der Waals surface area contributed by atoms with Crippen LogP contribution in [-0.4, -0.2) is 50.3 Å². The average Bonchev–Trinajstić information content (AvgIpc) is 3.25. The molecular formula is C19H17F3N2O4S. The number of nitrogens with zero attached hydrogens (tertiary/aromatic N) is 2. The van der Waals surface area contributed by atoms with Crippen molar-refractivity contribution in [3.8, 4) is 0 Å². The fraction of sp³-hybridized carbons (Fsp3) is 0.316. The minimum absolute atomic E-state index is 0.125. The number of sulfone groups is 1. The lowest BCUT2D eigenvalue weighted by atomic mass is 10.2. The molecule has 1 aromatic heterocycles. The van der Waals surface area contributed by atoms with Gasteiger partial charge in [-0.25, -0.2) is 8.42 Å². The van der Waals surface area contributed by atoms with Crippen molar-refractivity contribution in [2.24, 2.45) is 0 Å². The van der Waals surface area contributed by atoms with E-state index in [0.717, 1.165) is 6.07 Å². The summed E-state index contributed by atoms with van der Waals surface area (Å²) in [5, 5.41) is 0. The van der Waals surface area contributed by atoms with Crippen LogP contribution < -0.4 is 0 Å². The number of fused-ring (bicyclic) bond motifs is 1. The summed E-state index contributed by atoms with van der Waals surface area (Å²) in [6.07, 6.45) is -3.14. The van der Waals surface area contributed by atoms with Crippen molar-refractivity contribution in [2.45, 2.75) is 17.6 Å². The van der Waals surface area contributed by atoms with Crippen LogP contribution in [0.5, 0.6) is 0 Å². The summed E-state index contributed by atoms with van der Waals surface area (Å²) in [7, 11) is -3.83. The van der Waals surface area contributed by atoms with E-state index in [1.807, 2.05) is 4.90 Å². The van der Waals surface area contributed by atoms with E-state index in [4.69, 9.17) is 4.42 Å². The van der Waals surface area contributed by atoms with Gasteiger partial charge >= 0.3 is 6.18 Å². The molecule has 29 heavy (non-hydrogen) atoms. The molecule has 0 bridgehead atoms. The van der Waals surface area contributed by atoms with Gasteiger partial charge in [-0.05, 0) is 29.8 Å². The van der Waals surface area contributed by atoms with Crippen LogP contribution in [0.2, 0.25) is 0 Å². The summed E-state index contributed by atoms with van der Waals surface area (Å²) >= 11 is 0. The number of rotatable bonds is 3. The van der Waals surface area contributed by atoms with Gasteiger partial charge < -0.3 is 9.32 Å². The van der Waals surface area contributed by atoms with Crippen LogP contribution in [0, 0.1) is 0 Å². The highest BCUT2D eigenvalue weighted by atomic mass is 32.2. The number of halogens is 3. The molecule has 2 aliphatic heterocycles. The third-order valence-corrected chi connectivity index (χ3v) is 6.80. The lowest BCUT2D eigenvalue weighted by molar-refractivity contribution is -0.153. The van der Waals surface area contributed by atoms with Gasteiger partial charge in [-0.15, -0.1) is 0 Å². The highest BCUT2D eigenvalue weighted by Crippen LogP contribution is 2.34. The van der Waals surface area contributed by atoms with Crippen molar-refractivity contribution in [3.63, 3.8) is 0 Å². The number of alkyl halides is 3. The fourth-order valence-electron chi connectivity index (χ4n) is 3.46. The maximum absolute atomic E-state index is 12.8. The van der Waals surface area contributed by atoms with Crippen molar-refractivity contribution < 1.29 is 30.8 Å². The second-order valence-electron chi connectivity index (χ2n) is 6.88. The van der Waals surface area contributed by atoms with E-state index >= 15 is 0 Å². The second-order valence-corrected chi connectivity index (χ2v) is 8.77. The Morgan fingerprint density at radius 1 is 1.03 bits per heavy atom. The molecule has 10 heteroatoms. The van der Waals surface area contributed by atoms with Crippen LogP contribution >= 0.6 is 0 Å². The molecule has 0 spiro atoms. The summed E-state index contributed by atoms with van der Waals surface area (Å²) in [4.78, 5) is 16.0. The molecule has 2 aromatic rings. The van der Waals surface area contributed by atoms with Crippen LogP contribution in [0.15, 0.2) is 50.6 Å². The average molecular weight is 426 g/mol. The predicted molar refractivity (Wildman–Crippen MR) is 97.2 cm³/mol. The van der Waals surface area contributed by atoms with Crippen molar-refractivity contribution >= 4 is 21.8 Å². The third kappa shape index (κ3) is 3.69. The molecular weight excluding hydrogens is 409 g/mol. The second kappa shape index (κ2) is 7.03. The van der Waals surface area contributed by atoms with E-state index in [0.29, 0.717) is 18.7 Å². The predicted octanol–water partition coefficient (Wildman–Crippen LogP) is 2.77. The summed E-state index contributed by atoms with van der Waals surface area (Å²) in [5.74, 6) is -1.41. The van der Waals surface area contributed by atoms with Crippen molar-refractivity contribution in [1.29, 1.82) is 0 Å². The molecule has 0 atom stereocenters. The Balaban J connectivity index is 1.39. The minimum atomic E-state index is -4.53. The lowest BCUT2D eigenvalue weighted by Gasteiger charge is -2.34. The molecule has 3 heterocycles. The summed E-state index contributed by atoms with van der Waals surface area (Å²) in [6.45, 7) is 1.52. The Hall–Kier alpha value is -2.59. The monoisotopic (exact) mass is 426 g/mol. The topological polar surface area (TPSA) is 70.8 Å². The Labute approximate surface area is 165 Å². The fourth-order valence-corrected chi connectivity index (χ4v) is 5.03. The number of hydrogen-bond acceptors (Lipinski definition) is 5. The van der Waals surface area contributed by atoms with Gasteiger partial charge in [0.2, 0.25) is 15.6 Å². The Bertz CT molecular complexity index is 1080. The smallest absolute Gasteiger partial charge is 0.449 e. The molecule has 0 radical (unpaired) electrons. The van der Waals surface area contributed by atoms with E-state index < -0.39 is 27.7 Å². The first kappa shape index (κ1) is 19.7. The Morgan fingerprint density at radius 2 is 1.72 bits per heavy atom. The highest BCUT2D eigenvalue weighted by molar-refractivity contribution is 7.96. The maximum Gasteiger partial charge on any atom is 0.449 e. The number of amides is 1. The zero-order valence-electron chi connectivity index (χ0n) is 15.1. The standard InChI is InChI=1S/C19H17F3N2O4S/c20-19(21,22)17-6-5-14(28-17)12-23-7-9-24(10-8-23)18(25)16-11-13-3-1-2-4-15(13)29(16,26)27/h1-6,11H,7-10,12H2. The van der Waals surface area contributed by atoms with Gasteiger partial charge in [0.15, 0.2) is 0 Å². The molecule has 2 aliphatic rings. The normalized spacial score (nSPS) is 19.1. The van der Waals surface area contributed by atoms with Crippen LogP contribution in [0.25, 0.3) is 6.08 Å². The molecule has 1 aromatic carbocycles. The molecule has 0 N–H and O–H groups in total. The van der Waals surface area contributed by atoms with Crippen molar-refractivity contribution in [2.75, 3.05) is 26.2 Å². The van der Waals surface area contributed by atoms with Crippen molar-refractivity contribution in [1.82, 2.24) is 9.80 Å². The van der Waals surface area contributed by atoms with Crippen LogP contribution in [0.1, 0.15) is 17.1 Å². The SMILES string of the molecule is O=C(C1=Cc2ccccc2S1(=O)=O)N1CCN(Cc2ccc(C(F)(F)F)o2)CC1. The molecule has 4 rings (SSSR count). The number of piperazine rings is 1. The minimum Gasteiger partial charge on any atom is -0.455 e. The summed E-state index contributed by atoms with van der Waals surface area (Å²) in [5.41, 5.74) is 0.493. The zero-order chi connectivity index (χ0) is 20.8. The zero-order valence-corrected chi connectivity index (χ0v) is 16.0. The van der Waals surface area contributed by atoms with Crippen LogP contribution in [0.3, 0.4) is 0 Å². The molecule has 1 saturated heterocycles. The van der Waals surface area contributed by atoms with Crippen LogP contribution in [0.4, 0.5) is 13.2 Å². The first-order valence-corrected chi connectivity index (χ1v) is 10.4. The van der Waals surface area contributed by atoms with E-state index in [1.165, 1.54) is 23.1 Å². The van der Waals surface area contributed by atoms with Crippen molar-refractivity contribution in [3.05, 3.63) is 58.4 Å². The number of hydrogen-bond donors (Lipinski definition) is 0. The first-order valence-electron chi connectivity index (χ1n) is 8.89. The third-order valence-electron chi connectivity index (χ3n) is 4.98. The van der Waals surface area contributed by atoms with Gasteiger partial charge in [-0.1, -0.05) is 18.2 Å². The van der Waals surface area contributed by atoms with E-state index in [9.17, 15) is 26.4 Å². The lowest BCUT2D eigenvalue weighted by Crippen LogP contribution is -2.49. The van der Waals surface area contributed by atoms with Gasteiger partial charge in [-0.2, -0.15) is 13.2 Å². The van der Waals surface area contributed by atoms with Gasteiger partial charge in [-0.3, -0.25) is 9.69 Å². The van der Waals surface area contributed by atoms with Gasteiger partial charge in [0.25, 0.3) is 5.91 Å². The molecule has 1 amide bonds. The largest absolute Gasteiger partial charge is 0.455 e. The Kier molecular flexibility index (Phi) is 4.78. The van der Waals surface area contributed by atoms with E-state index in [1.54, 1.807) is 18.2 Å². The quantitative estimate of drug-likeness (QED) is 0.755. The van der Waals surface area contributed by atoms with Gasteiger partial charge in [0, 0.05) is 26.2 Å². The Morgan fingerprint density at radius 3 is 2.34 bits per heavy atom. The first-order chi connectivity index (χ1) is 13.7. The number of carbonyl (C=O) groups excluding carboxylic acids is 1. The highest BCUT2D eigenvalue weighted by Gasteiger charge is 2.37. The van der Waals surface area contributed by atoms with E-state index in [-0.39, 0.29) is 35.2 Å². The number of benzene rings is 1. The van der Waals surface area contributed by atoms with Crippen LogP contribution in [-0.2, 0) is 27.4 Å². The van der Waals surface area contributed by atoms with Gasteiger partial charge in [0.05, 0.1) is 11.4 Å². The summed E-state index contributed by atoms with van der Waals surface area (Å²) < 4.78 is 68.0. The van der Waals surface area contributed by atoms with E-state index in [2.05, 4.69) is 0 Å². The summed E-state index contributed by atoms with van der Waals surface area (Å²) in [6, 6.07) is 8.60. The van der Waals surface area contributed by atoms with Gasteiger partial charge in [0.1, 0.15) is 10.7 Å². The number of carbonyl (C=O) groups is 1. The number of furan rings is 1. The molecule has 1 fully saturated rings. The molecule has 0 saturated carbocycles.